The summed E-state index contributed by atoms with van der Waals surface area (Å²) in [4.78, 5) is 12.0. The minimum Gasteiger partial charge on any atom is -0.393 e. The summed E-state index contributed by atoms with van der Waals surface area (Å²) in [5.74, 6) is 3.23. The maximum atomic E-state index is 12.0. The Hall–Kier alpha value is -0.630. The molecule has 128 valence electrons. The third kappa shape index (κ3) is 2.06. The normalized spacial score (nSPS) is 52.4. The summed E-state index contributed by atoms with van der Waals surface area (Å²) in [7, 11) is 0. The van der Waals surface area contributed by atoms with E-state index in [0.717, 1.165) is 37.5 Å². The third-order valence-corrected chi connectivity index (χ3v) is 8.61. The van der Waals surface area contributed by atoms with Crippen molar-refractivity contribution in [2.24, 2.45) is 34.5 Å². The summed E-state index contributed by atoms with van der Waals surface area (Å²) in [5, 5.41) is 10.6. The molecule has 0 amide bonds. The van der Waals surface area contributed by atoms with Gasteiger partial charge in [0.15, 0.2) is 5.78 Å². The fourth-order valence-electron chi connectivity index (χ4n) is 7.09. The molecule has 3 saturated carbocycles. The topological polar surface area (TPSA) is 37.3 Å². The van der Waals surface area contributed by atoms with Crippen molar-refractivity contribution in [1.82, 2.24) is 0 Å². The van der Waals surface area contributed by atoms with E-state index in [2.05, 4.69) is 20.8 Å². The highest BCUT2D eigenvalue weighted by atomic mass is 16.3. The lowest BCUT2D eigenvalue weighted by Gasteiger charge is -2.60. The summed E-state index contributed by atoms with van der Waals surface area (Å²) < 4.78 is 0. The van der Waals surface area contributed by atoms with E-state index in [1.807, 2.05) is 6.08 Å². The van der Waals surface area contributed by atoms with Gasteiger partial charge < -0.3 is 5.11 Å². The molecule has 0 aromatic heterocycles. The van der Waals surface area contributed by atoms with Crippen LogP contribution in [-0.2, 0) is 4.79 Å². The summed E-state index contributed by atoms with van der Waals surface area (Å²) in [6, 6.07) is 0. The summed E-state index contributed by atoms with van der Waals surface area (Å²) in [5.41, 5.74) is 1.86. The zero-order valence-electron chi connectivity index (χ0n) is 15.0. The highest BCUT2D eigenvalue weighted by Gasteiger charge is 2.60. The molecule has 0 aromatic rings. The Labute approximate surface area is 140 Å². The highest BCUT2D eigenvalue weighted by Crippen LogP contribution is 2.66. The van der Waals surface area contributed by atoms with Crippen molar-refractivity contribution in [3.8, 4) is 0 Å². The van der Waals surface area contributed by atoms with Crippen LogP contribution in [0.25, 0.3) is 0 Å². The first-order chi connectivity index (χ1) is 10.9. The number of hydrogen-bond donors (Lipinski definition) is 1. The average Bonchev–Trinajstić information content (AvgIpc) is 2.83. The van der Waals surface area contributed by atoms with Gasteiger partial charge in [-0.15, -0.1) is 0 Å². The molecule has 4 rings (SSSR count). The maximum Gasteiger partial charge on any atom is 0.155 e. The Kier molecular flexibility index (Phi) is 3.58. The molecule has 2 nitrogen and oxygen atoms in total. The number of hydrogen-bond acceptors (Lipinski definition) is 2. The summed E-state index contributed by atoms with van der Waals surface area (Å²) >= 11 is 0. The van der Waals surface area contributed by atoms with Crippen LogP contribution in [0.3, 0.4) is 0 Å². The van der Waals surface area contributed by atoms with Gasteiger partial charge in [0.05, 0.1) is 6.10 Å². The van der Waals surface area contributed by atoms with Gasteiger partial charge in [0.1, 0.15) is 0 Å². The molecule has 0 bridgehead atoms. The molecule has 0 aliphatic heterocycles. The van der Waals surface area contributed by atoms with Crippen LogP contribution in [0.4, 0.5) is 0 Å². The maximum absolute atomic E-state index is 12.0. The van der Waals surface area contributed by atoms with Crippen LogP contribution >= 0.6 is 0 Å². The van der Waals surface area contributed by atoms with Crippen molar-refractivity contribution in [3.63, 3.8) is 0 Å². The fourth-order valence-corrected chi connectivity index (χ4v) is 7.09. The predicted molar refractivity (Wildman–Crippen MR) is 91.9 cm³/mol. The highest BCUT2D eigenvalue weighted by molar-refractivity contribution is 5.91. The van der Waals surface area contributed by atoms with Crippen molar-refractivity contribution in [2.75, 3.05) is 0 Å². The largest absolute Gasteiger partial charge is 0.393 e. The average molecular weight is 316 g/mol. The van der Waals surface area contributed by atoms with Crippen molar-refractivity contribution in [1.29, 1.82) is 0 Å². The molecule has 0 spiro atoms. The first-order valence-corrected chi connectivity index (χ1v) is 9.82. The Balaban J connectivity index is 1.75. The summed E-state index contributed by atoms with van der Waals surface area (Å²) in [6.07, 6.45) is 10.7. The molecule has 4 aliphatic rings. The molecule has 0 unspecified atom stereocenters. The second-order valence-corrected chi connectivity index (χ2v) is 9.35. The number of aliphatic hydroxyl groups is 1. The Bertz CT molecular complexity index is 550. The molecule has 23 heavy (non-hydrogen) atoms. The van der Waals surface area contributed by atoms with E-state index in [4.69, 9.17) is 0 Å². The van der Waals surface area contributed by atoms with Gasteiger partial charge in [-0.2, -0.15) is 0 Å². The van der Waals surface area contributed by atoms with Crippen molar-refractivity contribution in [3.05, 3.63) is 11.6 Å². The Morgan fingerprint density at radius 2 is 1.96 bits per heavy atom. The third-order valence-electron chi connectivity index (χ3n) is 8.61. The van der Waals surface area contributed by atoms with Gasteiger partial charge in [0.25, 0.3) is 0 Å². The first-order valence-electron chi connectivity index (χ1n) is 9.82. The molecule has 0 saturated heterocycles. The molecular formula is C21H32O2. The second-order valence-electron chi connectivity index (χ2n) is 9.35. The molecule has 1 N–H and O–H groups in total. The number of aliphatic hydroxyl groups excluding tert-OH is 1. The number of carbonyl (C=O) groups is 1. The van der Waals surface area contributed by atoms with E-state index >= 15 is 0 Å². The van der Waals surface area contributed by atoms with E-state index in [-0.39, 0.29) is 16.9 Å². The molecule has 0 aromatic carbocycles. The van der Waals surface area contributed by atoms with Crippen LogP contribution in [0.2, 0.25) is 0 Å². The zero-order chi connectivity index (χ0) is 16.4. The molecule has 7 atom stereocenters. The molecular weight excluding hydrogens is 284 g/mol. The molecule has 0 radical (unpaired) electrons. The van der Waals surface area contributed by atoms with Crippen LogP contribution in [0.1, 0.15) is 72.1 Å². The molecule has 2 heteroatoms. The van der Waals surface area contributed by atoms with Gasteiger partial charge >= 0.3 is 0 Å². The lowest BCUT2D eigenvalue weighted by Crippen LogP contribution is -2.54. The van der Waals surface area contributed by atoms with Crippen LogP contribution in [-0.4, -0.2) is 17.0 Å². The van der Waals surface area contributed by atoms with E-state index < -0.39 is 0 Å². The van der Waals surface area contributed by atoms with E-state index in [9.17, 15) is 9.90 Å². The van der Waals surface area contributed by atoms with Crippen LogP contribution in [0.15, 0.2) is 11.6 Å². The number of rotatable bonds is 1. The molecule has 4 aliphatic carbocycles. The van der Waals surface area contributed by atoms with Crippen LogP contribution in [0.5, 0.6) is 0 Å². The van der Waals surface area contributed by atoms with Crippen molar-refractivity contribution < 1.29 is 9.90 Å². The minimum absolute atomic E-state index is 0.0939. The van der Waals surface area contributed by atoms with Gasteiger partial charge in [0.2, 0.25) is 0 Å². The van der Waals surface area contributed by atoms with E-state index in [1.54, 1.807) is 0 Å². The SMILES string of the molecule is CC[C@H]1CC2=CC(=O)CC[C@]2(C)[C@H]2CC[C@]3(C)[C@@H](O)CC[C@H]3[C@H]12. The predicted octanol–water partition coefficient (Wildman–Crippen LogP) is 4.52. The lowest BCUT2D eigenvalue weighted by molar-refractivity contribution is -0.120. The molecule has 0 heterocycles. The van der Waals surface area contributed by atoms with E-state index in [1.165, 1.54) is 31.3 Å². The summed E-state index contributed by atoms with van der Waals surface area (Å²) in [6.45, 7) is 7.13. The van der Waals surface area contributed by atoms with Gasteiger partial charge in [0, 0.05) is 6.42 Å². The minimum atomic E-state index is -0.0939. The lowest BCUT2D eigenvalue weighted by atomic mass is 9.44. The zero-order valence-corrected chi connectivity index (χ0v) is 15.0. The van der Waals surface area contributed by atoms with Crippen molar-refractivity contribution in [2.45, 2.75) is 78.2 Å². The Morgan fingerprint density at radius 1 is 1.17 bits per heavy atom. The second kappa shape index (κ2) is 5.18. The van der Waals surface area contributed by atoms with E-state index in [0.29, 0.717) is 17.6 Å². The Morgan fingerprint density at radius 3 is 2.70 bits per heavy atom. The van der Waals surface area contributed by atoms with Crippen LogP contribution < -0.4 is 0 Å². The quantitative estimate of drug-likeness (QED) is 0.772. The smallest absolute Gasteiger partial charge is 0.155 e. The van der Waals surface area contributed by atoms with Crippen LogP contribution in [0, 0.1) is 34.5 Å². The van der Waals surface area contributed by atoms with Gasteiger partial charge in [-0.3, -0.25) is 4.79 Å². The molecule has 3 fully saturated rings. The standard InChI is InChI=1S/C21H32O2/c1-4-13-11-14-12-15(22)7-9-20(14,2)17-8-10-21(3)16(19(13)17)5-6-18(21)23/h12-13,16-19,23H,4-11H2,1-3H3/t13-,16-,17-,18-,19-,20-,21-/m0/s1. The van der Waals surface area contributed by atoms with Gasteiger partial charge in [-0.05, 0) is 79.1 Å². The van der Waals surface area contributed by atoms with Crippen molar-refractivity contribution >= 4 is 5.78 Å². The first kappa shape index (κ1) is 15.9. The van der Waals surface area contributed by atoms with Gasteiger partial charge in [-0.1, -0.05) is 32.8 Å². The monoisotopic (exact) mass is 316 g/mol. The fraction of sp³-hybridized carbons (Fsp3) is 0.857. The number of carbonyl (C=O) groups excluding carboxylic acids is 1. The van der Waals surface area contributed by atoms with Gasteiger partial charge in [-0.25, -0.2) is 0 Å². The number of fused-ring (bicyclic) bond motifs is 5. The number of allylic oxidation sites excluding steroid dienone is 1. The number of ketones is 1.